The largest absolute Gasteiger partial charge is 0.492 e. The SMILES string of the molecule is CC(C)(C)OC(=O)NC1(c2nc3ccc(-c4ccc(-c5ccc6c(c5)OCCc5[nH]c(C7CCCN7)nc5-6)cc4)cc3[nH]2)CCCC1. The summed E-state index contributed by atoms with van der Waals surface area (Å²) >= 11 is 0. The minimum Gasteiger partial charge on any atom is -0.492 e. The summed E-state index contributed by atoms with van der Waals surface area (Å²) in [6.07, 6.45) is 6.44. The molecule has 47 heavy (non-hydrogen) atoms. The normalized spacial score (nSPS) is 18.7. The van der Waals surface area contributed by atoms with E-state index in [1.165, 1.54) is 6.42 Å². The highest BCUT2D eigenvalue weighted by Gasteiger charge is 2.41. The Balaban J connectivity index is 1.03. The van der Waals surface area contributed by atoms with Crippen molar-refractivity contribution in [3.63, 3.8) is 0 Å². The number of aromatic amines is 2. The molecule has 0 radical (unpaired) electrons. The van der Waals surface area contributed by atoms with Crippen LogP contribution in [0, 0.1) is 0 Å². The number of rotatable bonds is 5. The van der Waals surface area contributed by atoms with Gasteiger partial charge in [0.05, 0.1) is 29.4 Å². The first-order valence-electron chi connectivity index (χ1n) is 16.9. The Kier molecular flexibility index (Phi) is 7.32. The maximum absolute atomic E-state index is 12.8. The third-order valence-corrected chi connectivity index (χ3v) is 9.72. The maximum atomic E-state index is 12.8. The van der Waals surface area contributed by atoms with Gasteiger partial charge in [-0.05, 0) is 99.5 Å². The summed E-state index contributed by atoms with van der Waals surface area (Å²) < 4.78 is 11.8. The number of hydrogen-bond donors (Lipinski definition) is 4. The summed E-state index contributed by atoms with van der Waals surface area (Å²) in [6.45, 7) is 7.31. The lowest BCUT2D eigenvalue weighted by Gasteiger charge is -2.30. The van der Waals surface area contributed by atoms with Crippen molar-refractivity contribution in [2.24, 2.45) is 0 Å². The first-order chi connectivity index (χ1) is 22.7. The number of carbonyl (C=O) groups excluding carboxylic acids is 1. The molecule has 8 rings (SSSR count). The molecule has 1 saturated heterocycles. The molecule has 0 spiro atoms. The molecular formula is C38H42N6O3. The van der Waals surface area contributed by atoms with Gasteiger partial charge < -0.3 is 30.1 Å². The number of fused-ring (bicyclic) bond motifs is 4. The Morgan fingerprint density at radius 2 is 1.64 bits per heavy atom. The van der Waals surface area contributed by atoms with Gasteiger partial charge in [0.15, 0.2) is 0 Å². The number of benzene rings is 3. The van der Waals surface area contributed by atoms with Crippen molar-refractivity contribution in [2.45, 2.75) is 82.9 Å². The van der Waals surface area contributed by atoms with E-state index < -0.39 is 17.2 Å². The molecule has 1 amide bonds. The number of nitrogens with zero attached hydrogens (tertiary/aromatic N) is 2. The first kappa shape index (κ1) is 29.8. The van der Waals surface area contributed by atoms with Crippen molar-refractivity contribution in [3.05, 3.63) is 78.0 Å². The van der Waals surface area contributed by atoms with Crippen molar-refractivity contribution in [2.75, 3.05) is 13.2 Å². The fourth-order valence-corrected chi connectivity index (χ4v) is 7.37. The fraction of sp³-hybridized carbons (Fsp3) is 0.395. The fourth-order valence-electron chi connectivity index (χ4n) is 7.37. The Hall–Kier alpha value is -4.63. The molecule has 1 aliphatic carbocycles. The molecule has 2 aromatic heterocycles. The van der Waals surface area contributed by atoms with Crippen LogP contribution in [0.4, 0.5) is 4.79 Å². The van der Waals surface area contributed by atoms with Crippen LogP contribution in [0.5, 0.6) is 5.75 Å². The topological polar surface area (TPSA) is 117 Å². The molecule has 2 aliphatic heterocycles. The van der Waals surface area contributed by atoms with Gasteiger partial charge in [-0.1, -0.05) is 49.2 Å². The third kappa shape index (κ3) is 5.78. The van der Waals surface area contributed by atoms with Gasteiger partial charge in [0.1, 0.15) is 28.5 Å². The number of hydrogen-bond acceptors (Lipinski definition) is 6. The molecule has 1 unspecified atom stereocenters. The van der Waals surface area contributed by atoms with Gasteiger partial charge in [-0.25, -0.2) is 14.8 Å². The summed E-state index contributed by atoms with van der Waals surface area (Å²) in [7, 11) is 0. The van der Waals surface area contributed by atoms with Gasteiger partial charge >= 0.3 is 6.09 Å². The predicted molar refractivity (Wildman–Crippen MR) is 183 cm³/mol. The second-order valence-electron chi connectivity index (χ2n) is 14.2. The lowest BCUT2D eigenvalue weighted by atomic mass is 9.97. The second kappa shape index (κ2) is 11.6. The van der Waals surface area contributed by atoms with E-state index in [0.717, 1.165) is 113 Å². The van der Waals surface area contributed by atoms with Gasteiger partial charge in [-0.2, -0.15) is 0 Å². The van der Waals surface area contributed by atoms with Gasteiger partial charge in [0.25, 0.3) is 0 Å². The first-order valence-corrected chi connectivity index (χ1v) is 16.9. The molecular weight excluding hydrogens is 588 g/mol. The van der Waals surface area contributed by atoms with Gasteiger partial charge in [0.2, 0.25) is 0 Å². The zero-order valence-electron chi connectivity index (χ0n) is 27.3. The summed E-state index contributed by atoms with van der Waals surface area (Å²) in [6, 6.07) is 21.7. The Morgan fingerprint density at radius 1 is 0.915 bits per heavy atom. The number of amides is 1. The number of imidazole rings is 2. The van der Waals surface area contributed by atoms with Crippen molar-refractivity contribution >= 4 is 17.1 Å². The minimum atomic E-state index is -0.559. The van der Waals surface area contributed by atoms with E-state index in [4.69, 9.17) is 19.4 Å². The van der Waals surface area contributed by atoms with Crippen molar-refractivity contribution < 1.29 is 14.3 Å². The Bertz CT molecular complexity index is 1940. The summed E-state index contributed by atoms with van der Waals surface area (Å²) in [4.78, 5) is 29.9. The molecule has 0 bridgehead atoms. The quantitative estimate of drug-likeness (QED) is 0.157. The molecule has 3 aromatic carbocycles. The number of ether oxygens (including phenoxy) is 2. The predicted octanol–water partition coefficient (Wildman–Crippen LogP) is 7.94. The zero-order chi connectivity index (χ0) is 32.2. The molecule has 242 valence electrons. The van der Waals surface area contributed by atoms with E-state index in [1.54, 1.807) is 0 Å². The lowest BCUT2D eigenvalue weighted by Crippen LogP contribution is -2.46. The van der Waals surface area contributed by atoms with E-state index in [0.29, 0.717) is 12.6 Å². The van der Waals surface area contributed by atoms with E-state index in [9.17, 15) is 4.79 Å². The number of aromatic nitrogens is 4. The summed E-state index contributed by atoms with van der Waals surface area (Å²) in [5.74, 6) is 2.71. The second-order valence-corrected chi connectivity index (χ2v) is 14.2. The van der Waals surface area contributed by atoms with Crippen molar-refractivity contribution in [3.8, 4) is 39.3 Å². The molecule has 4 heterocycles. The van der Waals surface area contributed by atoms with E-state index in [-0.39, 0.29) is 0 Å². The zero-order valence-corrected chi connectivity index (χ0v) is 27.3. The average Bonchev–Trinajstić information content (AvgIpc) is 3.86. The summed E-state index contributed by atoms with van der Waals surface area (Å²) in [5, 5.41) is 6.72. The molecule has 4 N–H and O–H groups in total. The highest BCUT2D eigenvalue weighted by molar-refractivity contribution is 5.83. The number of carbonyl (C=O) groups is 1. The number of alkyl carbamates (subject to hydrolysis) is 1. The van der Waals surface area contributed by atoms with Crippen LogP contribution in [0.15, 0.2) is 60.7 Å². The standard InChI is InChI=1S/C38H42N6O3/c1-37(2,3)47-36(45)44-38(17-4-5-18-38)35-41-28-15-13-25(21-31(28)42-35)23-8-10-24(11-9-23)26-12-14-27-32(22-26)46-20-16-29-33(27)43-34(40-29)30-7-6-19-39-30/h8-15,21-22,30,39H,4-7,16-20H2,1-3H3,(H,40,43)(H,41,42)(H,44,45). The van der Waals surface area contributed by atoms with E-state index in [2.05, 4.69) is 81.3 Å². The third-order valence-electron chi connectivity index (χ3n) is 9.72. The van der Waals surface area contributed by atoms with Crippen LogP contribution in [0.2, 0.25) is 0 Å². The highest BCUT2D eigenvalue weighted by atomic mass is 16.6. The van der Waals surface area contributed by atoms with Gasteiger partial charge in [-0.3, -0.25) is 0 Å². The van der Waals surface area contributed by atoms with Gasteiger partial charge in [0, 0.05) is 17.7 Å². The Morgan fingerprint density at radius 3 is 2.36 bits per heavy atom. The number of nitrogens with one attached hydrogen (secondary N) is 4. The van der Waals surface area contributed by atoms with Crippen LogP contribution >= 0.6 is 0 Å². The monoisotopic (exact) mass is 630 g/mol. The molecule has 9 heteroatoms. The van der Waals surface area contributed by atoms with Crippen LogP contribution in [0.3, 0.4) is 0 Å². The Labute approximate surface area is 274 Å². The highest BCUT2D eigenvalue weighted by Crippen LogP contribution is 2.40. The molecule has 3 aliphatic rings. The molecule has 9 nitrogen and oxygen atoms in total. The van der Waals surface area contributed by atoms with Crippen LogP contribution < -0.4 is 15.4 Å². The van der Waals surface area contributed by atoms with Gasteiger partial charge in [-0.15, -0.1) is 0 Å². The lowest BCUT2D eigenvalue weighted by molar-refractivity contribution is 0.0448. The van der Waals surface area contributed by atoms with Crippen LogP contribution in [-0.4, -0.2) is 44.8 Å². The van der Waals surface area contributed by atoms with E-state index >= 15 is 0 Å². The van der Waals surface area contributed by atoms with Crippen molar-refractivity contribution in [1.82, 2.24) is 30.6 Å². The van der Waals surface area contributed by atoms with E-state index in [1.807, 2.05) is 20.8 Å². The number of H-pyrrole nitrogens is 2. The van der Waals surface area contributed by atoms with Crippen LogP contribution in [0.25, 0.3) is 44.5 Å². The van der Waals surface area contributed by atoms with Crippen LogP contribution in [0.1, 0.15) is 82.7 Å². The average molecular weight is 631 g/mol. The van der Waals surface area contributed by atoms with Crippen molar-refractivity contribution in [1.29, 1.82) is 0 Å². The molecule has 5 aromatic rings. The molecule has 2 fully saturated rings. The maximum Gasteiger partial charge on any atom is 0.408 e. The molecule has 1 saturated carbocycles. The minimum absolute atomic E-state index is 0.310. The summed E-state index contributed by atoms with van der Waals surface area (Å²) in [5.41, 5.74) is 8.41. The van der Waals surface area contributed by atoms with Crippen LogP contribution in [-0.2, 0) is 16.7 Å². The molecule has 1 atom stereocenters. The smallest absolute Gasteiger partial charge is 0.408 e.